The third-order valence-corrected chi connectivity index (χ3v) is 2.47. The zero-order valence-electron chi connectivity index (χ0n) is 10.3. The second kappa shape index (κ2) is 5.49. The van der Waals surface area contributed by atoms with Crippen LogP contribution in [0.4, 0.5) is 5.82 Å². The van der Waals surface area contributed by atoms with Crippen LogP contribution >= 0.6 is 0 Å². The zero-order chi connectivity index (χ0) is 13.8. The van der Waals surface area contributed by atoms with Gasteiger partial charge in [0, 0.05) is 12.4 Å². The van der Waals surface area contributed by atoms with Gasteiger partial charge in [-0.25, -0.2) is 4.79 Å². The summed E-state index contributed by atoms with van der Waals surface area (Å²) in [5.74, 6) is -1.12. The highest BCUT2D eigenvalue weighted by atomic mass is 16.5. The first-order valence-electron chi connectivity index (χ1n) is 5.59. The van der Waals surface area contributed by atoms with Gasteiger partial charge in [0.05, 0.1) is 5.52 Å². The second-order valence-corrected chi connectivity index (χ2v) is 3.92. The highest BCUT2D eigenvalue weighted by molar-refractivity contribution is 6.00. The molecule has 100 valence electrons. The number of carboxylic acids is 1. The molecule has 0 radical (unpaired) electrons. The summed E-state index contributed by atoms with van der Waals surface area (Å²) in [6.07, 6.45) is 0. The normalized spacial score (nSPS) is 10.6. The fraction of sp³-hybridized carbons (Fsp3) is 0.250. The van der Waals surface area contributed by atoms with E-state index in [1.807, 2.05) is 24.3 Å². The number of hydrogen-bond donors (Lipinski definition) is 2. The van der Waals surface area contributed by atoms with Crippen molar-refractivity contribution in [1.29, 1.82) is 0 Å². The fourth-order valence-corrected chi connectivity index (χ4v) is 1.71. The van der Waals surface area contributed by atoms with Gasteiger partial charge in [-0.05, 0) is 12.1 Å². The first kappa shape index (κ1) is 13.0. The molecule has 1 aromatic heterocycles. The molecule has 0 aliphatic heterocycles. The van der Waals surface area contributed by atoms with E-state index < -0.39 is 18.5 Å². The number of aryl methyl sites for hydroxylation is 1. The number of aromatic nitrogens is 2. The zero-order valence-corrected chi connectivity index (χ0v) is 10.3. The molecule has 0 bridgehead atoms. The Kier molecular flexibility index (Phi) is 3.76. The lowest BCUT2D eigenvalue weighted by molar-refractivity contribution is -0.143. The minimum Gasteiger partial charge on any atom is -0.480 e. The van der Waals surface area contributed by atoms with Crippen molar-refractivity contribution in [2.24, 2.45) is 7.05 Å². The second-order valence-electron chi connectivity index (χ2n) is 3.92. The van der Waals surface area contributed by atoms with Crippen molar-refractivity contribution >= 4 is 28.6 Å². The van der Waals surface area contributed by atoms with E-state index in [1.54, 1.807) is 11.7 Å². The molecular weight excluding hydrogens is 250 g/mol. The summed E-state index contributed by atoms with van der Waals surface area (Å²) < 4.78 is 6.36. The van der Waals surface area contributed by atoms with Gasteiger partial charge in [-0.1, -0.05) is 12.1 Å². The number of para-hydroxylation sites is 1. The highest BCUT2D eigenvalue weighted by Crippen LogP contribution is 2.21. The summed E-state index contributed by atoms with van der Waals surface area (Å²) in [6, 6.07) is 7.46. The third-order valence-electron chi connectivity index (χ3n) is 2.47. The Morgan fingerprint density at radius 3 is 2.84 bits per heavy atom. The molecule has 0 saturated carbocycles. The van der Waals surface area contributed by atoms with Crippen LogP contribution in [0.5, 0.6) is 0 Å². The minimum atomic E-state index is -1.11. The molecule has 0 spiro atoms. The van der Waals surface area contributed by atoms with E-state index in [2.05, 4.69) is 10.4 Å². The maximum atomic E-state index is 11.6. The molecular formula is C12H13N3O4. The molecule has 2 rings (SSSR count). The number of nitrogens with one attached hydrogen (secondary N) is 1. The summed E-state index contributed by atoms with van der Waals surface area (Å²) in [6.45, 7) is -0.826. The Balaban J connectivity index is 2.05. The molecule has 2 aromatic rings. The van der Waals surface area contributed by atoms with Gasteiger partial charge in [0.2, 0.25) is 0 Å². The van der Waals surface area contributed by atoms with E-state index in [9.17, 15) is 9.59 Å². The van der Waals surface area contributed by atoms with E-state index in [4.69, 9.17) is 9.84 Å². The minimum absolute atomic E-state index is 0.322. The Labute approximate surface area is 108 Å². The molecule has 0 unspecified atom stereocenters. The van der Waals surface area contributed by atoms with Crippen molar-refractivity contribution in [3.8, 4) is 0 Å². The van der Waals surface area contributed by atoms with Crippen molar-refractivity contribution in [2.75, 3.05) is 18.5 Å². The van der Waals surface area contributed by atoms with Crippen LogP contribution in [0.25, 0.3) is 10.9 Å². The van der Waals surface area contributed by atoms with Gasteiger partial charge in [0.25, 0.3) is 5.91 Å². The molecule has 0 aliphatic rings. The molecule has 0 atom stereocenters. The summed E-state index contributed by atoms with van der Waals surface area (Å²) in [5.41, 5.74) is 0.893. The Hall–Kier alpha value is -2.41. The molecule has 2 N–H and O–H groups in total. The van der Waals surface area contributed by atoms with Crippen molar-refractivity contribution in [3.63, 3.8) is 0 Å². The molecule has 7 nitrogen and oxygen atoms in total. The van der Waals surface area contributed by atoms with Crippen LogP contribution in [0.3, 0.4) is 0 Å². The highest BCUT2D eigenvalue weighted by Gasteiger charge is 2.11. The van der Waals surface area contributed by atoms with Gasteiger partial charge in [-0.2, -0.15) is 5.10 Å². The molecule has 7 heteroatoms. The molecule has 1 amide bonds. The lowest BCUT2D eigenvalue weighted by atomic mass is 10.2. The molecule has 1 heterocycles. The number of fused-ring (bicyclic) bond motifs is 1. The predicted molar refractivity (Wildman–Crippen MR) is 67.8 cm³/mol. The summed E-state index contributed by atoms with van der Waals surface area (Å²) in [7, 11) is 1.78. The Morgan fingerprint density at radius 2 is 2.11 bits per heavy atom. The van der Waals surface area contributed by atoms with Gasteiger partial charge < -0.3 is 15.2 Å². The number of hydrogen-bond acceptors (Lipinski definition) is 4. The number of rotatable bonds is 5. The van der Waals surface area contributed by atoms with Crippen LogP contribution in [0, 0.1) is 0 Å². The maximum Gasteiger partial charge on any atom is 0.329 e. The smallest absolute Gasteiger partial charge is 0.329 e. The van der Waals surface area contributed by atoms with E-state index in [0.29, 0.717) is 5.82 Å². The summed E-state index contributed by atoms with van der Waals surface area (Å²) in [4.78, 5) is 21.8. The average Bonchev–Trinajstić information content (AvgIpc) is 2.66. The number of amides is 1. The maximum absolute atomic E-state index is 11.6. The van der Waals surface area contributed by atoms with E-state index in [-0.39, 0.29) is 6.61 Å². The summed E-state index contributed by atoms with van der Waals surface area (Å²) >= 11 is 0. The van der Waals surface area contributed by atoms with Crippen LogP contribution in [0.15, 0.2) is 24.3 Å². The molecule has 0 aliphatic carbocycles. The monoisotopic (exact) mass is 263 g/mol. The van der Waals surface area contributed by atoms with E-state index >= 15 is 0 Å². The topological polar surface area (TPSA) is 93.5 Å². The first-order valence-corrected chi connectivity index (χ1v) is 5.59. The van der Waals surface area contributed by atoms with Gasteiger partial charge in [-0.15, -0.1) is 0 Å². The first-order chi connectivity index (χ1) is 9.08. The van der Waals surface area contributed by atoms with Gasteiger partial charge in [0.15, 0.2) is 5.82 Å². The average molecular weight is 263 g/mol. The fourth-order valence-electron chi connectivity index (χ4n) is 1.71. The number of anilines is 1. The molecule has 0 fully saturated rings. The predicted octanol–water partition coefficient (Wildman–Crippen LogP) is 0.613. The van der Waals surface area contributed by atoms with Gasteiger partial charge >= 0.3 is 5.97 Å². The van der Waals surface area contributed by atoms with Gasteiger partial charge in [-0.3, -0.25) is 9.48 Å². The van der Waals surface area contributed by atoms with Crippen molar-refractivity contribution in [2.45, 2.75) is 0 Å². The van der Waals surface area contributed by atoms with Crippen LogP contribution in [0.1, 0.15) is 0 Å². The third kappa shape index (κ3) is 3.08. The number of ether oxygens (including phenoxy) is 1. The van der Waals surface area contributed by atoms with Gasteiger partial charge in [0.1, 0.15) is 13.2 Å². The molecule has 19 heavy (non-hydrogen) atoms. The lowest BCUT2D eigenvalue weighted by Gasteiger charge is -2.02. The van der Waals surface area contributed by atoms with Crippen molar-refractivity contribution in [3.05, 3.63) is 24.3 Å². The number of carbonyl (C=O) groups excluding carboxylic acids is 1. The van der Waals surface area contributed by atoms with Crippen LogP contribution in [-0.2, 0) is 21.4 Å². The molecule has 1 aromatic carbocycles. The number of nitrogens with zero attached hydrogens (tertiary/aromatic N) is 2. The summed E-state index contributed by atoms with van der Waals surface area (Å²) in [5, 5.41) is 16.0. The quantitative estimate of drug-likeness (QED) is 0.824. The van der Waals surface area contributed by atoms with Crippen LogP contribution in [0.2, 0.25) is 0 Å². The van der Waals surface area contributed by atoms with Crippen LogP contribution < -0.4 is 5.32 Å². The largest absolute Gasteiger partial charge is 0.480 e. The number of carboxylic acid groups (broad SMARTS) is 1. The van der Waals surface area contributed by atoms with Crippen molar-refractivity contribution < 1.29 is 19.4 Å². The molecule has 0 saturated heterocycles. The van der Waals surface area contributed by atoms with Crippen LogP contribution in [-0.4, -0.2) is 40.0 Å². The number of benzene rings is 1. The number of aliphatic carboxylic acids is 1. The lowest BCUT2D eigenvalue weighted by Crippen LogP contribution is -2.21. The Morgan fingerprint density at radius 1 is 1.37 bits per heavy atom. The van der Waals surface area contributed by atoms with Crippen molar-refractivity contribution in [1.82, 2.24) is 9.78 Å². The van der Waals surface area contributed by atoms with E-state index in [1.165, 1.54) is 0 Å². The SMILES string of the molecule is Cn1nc(NC(=O)COCC(=O)O)c2ccccc21. The number of carbonyl (C=O) groups is 2. The van der Waals surface area contributed by atoms with E-state index in [0.717, 1.165) is 10.9 Å². The Bertz CT molecular complexity index is 620. The standard InChI is InChI=1S/C12H13N3O4/c1-15-9-5-3-2-4-8(9)12(14-15)13-10(16)6-19-7-11(17)18/h2-5H,6-7H2,1H3,(H,17,18)(H,13,14,16).